The Labute approximate surface area is 119 Å². The molecule has 1 aliphatic rings. The lowest BCUT2D eigenvalue weighted by Gasteiger charge is -2.36. The van der Waals surface area contributed by atoms with Crippen molar-refractivity contribution in [2.24, 2.45) is 0 Å². The van der Waals surface area contributed by atoms with Gasteiger partial charge in [-0.15, -0.1) is 0 Å². The second-order valence-electron chi connectivity index (χ2n) is 5.43. The molecule has 0 aromatic carbocycles. The summed E-state index contributed by atoms with van der Waals surface area (Å²) >= 11 is 0. The molecule has 0 N–H and O–H groups in total. The van der Waals surface area contributed by atoms with Gasteiger partial charge >= 0.3 is 0 Å². The number of aromatic nitrogens is 1. The number of hydrogen-bond acceptors (Lipinski definition) is 4. The molecule has 1 saturated heterocycles. The summed E-state index contributed by atoms with van der Waals surface area (Å²) in [4.78, 5) is 7.07. The van der Waals surface area contributed by atoms with Crippen LogP contribution in [-0.4, -0.2) is 30.3 Å². The molecule has 3 heterocycles. The summed E-state index contributed by atoms with van der Waals surface area (Å²) in [5.41, 5.74) is 2.02. The molecule has 1 aliphatic heterocycles. The van der Waals surface area contributed by atoms with Crippen molar-refractivity contribution in [3.63, 3.8) is 0 Å². The number of furan rings is 1. The number of nitrogens with zero attached hydrogens (tertiary/aromatic N) is 2. The zero-order chi connectivity index (χ0) is 14.1. The minimum atomic E-state index is 0.236. The number of aryl methyl sites for hydroxylation is 1. The van der Waals surface area contributed by atoms with Crippen LogP contribution in [0.5, 0.6) is 0 Å². The van der Waals surface area contributed by atoms with E-state index in [1.807, 2.05) is 19.1 Å². The predicted octanol–water partition coefficient (Wildman–Crippen LogP) is 3.26. The van der Waals surface area contributed by atoms with Crippen LogP contribution in [0, 0.1) is 6.92 Å². The molecular weight excluding hydrogens is 252 g/mol. The van der Waals surface area contributed by atoms with E-state index in [1.165, 1.54) is 0 Å². The highest BCUT2D eigenvalue weighted by molar-refractivity contribution is 5.63. The zero-order valence-electron chi connectivity index (χ0n) is 12.2. The van der Waals surface area contributed by atoms with Gasteiger partial charge in [-0.2, -0.15) is 0 Å². The summed E-state index contributed by atoms with van der Waals surface area (Å²) in [6, 6.07) is 8.10. The van der Waals surface area contributed by atoms with Crippen LogP contribution in [0.1, 0.15) is 19.6 Å². The summed E-state index contributed by atoms with van der Waals surface area (Å²) in [5, 5.41) is 0. The molecular formula is C16H20N2O2. The van der Waals surface area contributed by atoms with Crippen molar-refractivity contribution in [1.82, 2.24) is 4.98 Å². The van der Waals surface area contributed by atoms with Crippen LogP contribution in [-0.2, 0) is 4.74 Å². The molecule has 2 aromatic heterocycles. The van der Waals surface area contributed by atoms with Crippen molar-refractivity contribution in [3.05, 3.63) is 36.3 Å². The van der Waals surface area contributed by atoms with Crippen molar-refractivity contribution < 1.29 is 9.15 Å². The van der Waals surface area contributed by atoms with Crippen LogP contribution in [0.25, 0.3) is 11.3 Å². The quantitative estimate of drug-likeness (QED) is 0.841. The Morgan fingerprint density at radius 2 is 1.90 bits per heavy atom. The van der Waals surface area contributed by atoms with E-state index < -0.39 is 0 Å². The minimum absolute atomic E-state index is 0.236. The minimum Gasteiger partial charge on any atom is -0.469 e. The van der Waals surface area contributed by atoms with Gasteiger partial charge in [0.1, 0.15) is 11.6 Å². The van der Waals surface area contributed by atoms with Gasteiger partial charge in [0.25, 0.3) is 0 Å². The molecule has 20 heavy (non-hydrogen) atoms. The van der Waals surface area contributed by atoms with E-state index >= 15 is 0 Å². The first-order chi connectivity index (χ1) is 9.63. The standard InChI is InChI=1S/C16H20N2O2/c1-11-9-18(10-12(2)20-11)16-6-4-5-15(17-16)14-7-8-19-13(14)3/h4-8,11-12H,9-10H2,1-3H3/t11-,12+. The predicted molar refractivity (Wildman–Crippen MR) is 78.9 cm³/mol. The first kappa shape index (κ1) is 13.2. The van der Waals surface area contributed by atoms with Crippen LogP contribution in [0.3, 0.4) is 0 Å². The van der Waals surface area contributed by atoms with Gasteiger partial charge in [0.05, 0.1) is 24.2 Å². The number of pyridine rings is 1. The van der Waals surface area contributed by atoms with Gasteiger partial charge in [-0.05, 0) is 39.0 Å². The molecule has 0 bridgehead atoms. The average Bonchev–Trinajstić information content (AvgIpc) is 2.84. The highest BCUT2D eigenvalue weighted by Crippen LogP contribution is 2.25. The van der Waals surface area contributed by atoms with E-state index in [9.17, 15) is 0 Å². The van der Waals surface area contributed by atoms with Crippen LogP contribution in [0.2, 0.25) is 0 Å². The van der Waals surface area contributed by atoms with Crippen molar-refractivity contribution in [3.8, 4) is 11.3 Å². The highest BCUT2D eigenvalue weighted by atomic mass is 16.5. The van der Waals surface area contributed by atoms with Gasteiger partial charge in [-0.1, -0.05) is 6.07 Å². The molecule has 1 fully saturated rings. The van der Waals surface area contributed by atoms with Crippen molar-refractivity contribution in [2.45, 2.75) is 33.0 Å². The Hall–Kier alpha value is -1.81. The van der Waals surface area contributed by atoms with Gasteiger partial charge in [0.2, 0.25) is 0 Å². The van der Waals surface area contributed by atoms with Crippen molar-refractivity contribution in [1.29, 1.82) is 0 Å². The Morgan fingerprint density at radius 3 is 2.55 bits per heavy atom. The van der Waals surface area contributed by atoms with E-state index in [1.54, 1.807) is 6.26 Å². The van der Waals surface area contributed by atoms with Gasteiger partial charge < -0.3 is 14.1 Å². The Balaban J connectivity index is 1.90. The molecule has 4 heteroatoms. The SMILES string of the molecule is Cc1occc1-c1cccc(N2C[C@@H](C)O[C@@H](C)C2)n1. The Bertz CT molecular complexity index is 584. The number of morpholine rings is 1. The van der Waals surface area contributed by atoms with Gasteiger partial charge in [-0.25, -0.2) is 4.98 Å². The van der Waals surface area contributed by atoms with E-state index in [4.69, 9.17) is 14.1 Å². The molecule has 0 unspecified atom stereocenters. The summed E-state index contributed by atoms with van der Waals surface area (Å²) < 4.78 is 11.1. The highest BCUT2D eigenvalue weighted by Gasteiger charge is 2.23. The lowest BCUT2D eigenvalue weighted by atomic mass is 10.1. The Kier molecular flexibility index (Phi) is 3.49. The Morgan fingerprint density at radius 1 is 1.15 bits per heavy atom. The summed E-state index contributed by atoms with van der Waals surface area (Å²) in [6.07, 6.45) is 2.18. The largest absolute Gasteiger partial charge is 0.469 e. The molecule has 0 amide bonds. The van der Waals surface area contributed by atoms with Gasteiger partial charge in [-0.3, -0.25) is 0 Å². The van der Waals surface area contributed by atoms with E-state index in [0.29, 0.717) is 0 Å². The fraction of sp³-hybridized carbons (Fsp3) is 0.438. The summed E-state index contributed by atoms with van der Waals surface area (Å²) in [7, 11) is 0. The number of hydrogen-bond donors (Lipinski definition) is 0. The first-order valence-electron chi connectivity index (χ1n) is 7.05. The maximum Gasteiger partial charge on any atom is 0.129 e. The third-order valence-corrected chi connectivity index (χ3v) is 3.61. The average molecular weight is 272 g/mol. The normalized spacial score (nSPS) is 23.1. The van der Waals surface area contributed by atoms with Crippen molar-refractivity contribution >= 4 is 5.82 Å². The molecule has 2 aromatic rings. The van der Waals surface area contributed by atoms with Crippen molar-refractivity contribution in [2.75, 3.05) is 18.0 Å². The third-order valence-electron chi connectivity index (χ3n) is 3.61. The zero-order valence-corrected chi connectivity index (χ0v) is 12.2. The van der Waals surface area contributed by atoms with E-state index in [-0.39, 0.29) is 12.2 Å². The molecule has 0 spiro atoms. The van der Waals surface area contributed by atoms with E-state index in [2.05, 4.69) is 30.9 Å². The molecule has 4 nitrogen and oxygen atoms in total. The second-order valence-corrected chi connectivity index (χ2v) is 5.43. The molecule has 0 radical (unpaired) electrons. The first-order valence-corrected chi connectivity index (χ1v) is 7.05. The third kappa shape index (κ3) is 2.56. The van der Waals surface area contributed by atoms with Crippen LogP contribution < -0.4 is 4.90 Å². The number of rotatable bonds is 2. The fourth-order valence-electron chi connectivity index (χ4n) is 2.77. The molecule has 3 rings (SSSR count). The smallest absolute Gasteiger partial charge is 0.129 e. The maximum absolute atomic E-state index is 5.78. The van der Waals surface area contributed by atoms with Crippen LogP contribution >= 0.6 is 0 Å². The molecule has 106 valence electrons. The number of anilines is 1. The van der Waals surface area contributed by atoms with Gasteiger partial charge in [0.15, 0.2) is 0 Å². The lowest BCUT2D eigenvalue weighted by Crippen LogP contribution is -2.45. The molecule has 2 atom stereocenters. The van der Waals surface area contributed by atoms with Crippen LogP contribution in [0.15, 0.2) is 34.9 Å². The second kappa shape index (κ2) is 5.29. The molecule has 0 aliphatic carbocycles. The summed E-state index contributed by atoms with van der Waals surface area (Å²) in [5.74, 6) is 1.91. The lowest BCUT2D eigenvalue weighted by molar-refractivity contribution is -0.00545. The van der Waals surface area contributed by atoms with E-state index in [0.717, 1.165) is 35.9 Å². The monoisotopic (exact) mass is 272 g/mol. The number of ether oxygens (including phenoxy) is 1. The van der Waals surface area contributed by atoms with Crippen LogP contribution in [0.4, 0.5) is 5.82 Å². The fourth-order valence-corrected chi connectivity index (χ4v) is 2.77. The summed E-state index contributed by atoms with van der Waals surface area (Å²) in [6.45, 7) is 7.93. The topological polar surface area (TPSA) is 38.5 Å². The molecule has 0 saturated carbocycles. The maximum atomic E-state index is 5.78. The van der Waals surface area contributed by atoms with Gasteiger partial charge in [0, 0.05) is 18.7 Å².